The van der Waals surface area contributed by atoms with E-state index in [2.05, 4.69) is 5.32 Å². The molecule has 1 rings (SSSR count). The zero-order chi connectivity index (χ0) is 15.2. The fourth-order valence-electron chi connectivity index (χ4n) is 1.68. The molecule has 0 radical (unpaired) electrons. The molecule has 0 aliphatic heterocycles. The van der Waals surface area contributed by atoms with Crippen LogP contribution in [0.15, 0.2) is 30.3 Å². The van der Waals surface area contributed by atoms with Crippen molar-refractivity contribution in [1.82, 2.24) is 5.32 Å². The third-order valence-electron chi connectivity index (χ3n) is 2.93. The van der Waals surface area contributed by atoms with E-state index in [1.165, 1.54) is 0 Å². The monoisotopic (exact) mass is 296 g/mol. The largest absolute Gasteiger partial charge is 0.355 e. The molecule has 0 aliphatic rings. The lowest BCUT2D eigenvalue weighted by Gasteiger charge is -2.18. The summed E-state index contributed by atoms with van der Waals surface area (Å²) in [4.78, 5) is 11.8. The normalized spacial score (nSPS) is 14.6. The SMILES string of the molecule is CC(C)(C)S(=O)CCNC(=O)CC(N)c1ccccc1. The minimum absolute atomic E-state index is 0.104. The van der Waals surface area contributed by atoms with E-state index in [1.54, 1.807) is 0 Å². The Morgan fingerprint density at radius 1 is 1.30 bits per heavy atom. The predicted molar refractivity (Wildman–Crippen MR) is 83.8 cm³/mol. The summed E-state index contributed by atoms with van der Waals surface area (Å²) in [7, 11) is -0.948. The van der Waals surface area contributed by atoms with Crippen LogP contribution in [0.1, 0.15) is 38.8 Å². The molecule has 20 heavy (non-hydrogen) atoms. The highest BCUT2D eigenvalue weighted by Gasteiger charge is 2.19. The zero-order valence-electron chi connectivity index (χ0n) is 12.4. The van der Waals surface area contributed by atoms with Crippen molar-refractivity contribution in [2.45, 2.75) is 38.0 Å². The highest BCUT2D eigenvalue weighted by molar-refractivity contribution is 7.86. The Hall–Kier alpha value is -1.20. The summed E-state index contributed by atoms with van der Waals surface area (Å²) in [5.74, 6) is 0.364. The summed E-state index contributed by atoms with van der Waals surface area (Å²) >= 11 is 0. The predicted octanol–water partition coefficient (Wildman–Crippen LogP) is 1.74. The van der Waals surface area contributed by atoms with Crippen LogP contribution in [-0.4, -0.2) is 27.2 Å². The van der Waals surface area contributed by atoms with Gasteiger partial charge in [0.25, 0.3) is 0 Å². The molecule has 2 atom stereocenters. The molecule has 1 aromatic carbocycles. The van der Waals surface area contributed by atoms with Crippen LogP contribution in [0, 0.1) is 0 Å². The lowest BCUT2D eigenvalue weighted by Crippen LogP contribution is -2.34. The first kappa shape index (κ1) is 16.9. The average Bonchev–Trinajstić information content (AvgIpc) is 2.38. The van der Waals surface area contributed by atoms with E-state index in [1.807, 2.05) is 51.1 Å². The summed E-state index contributed by atoms with van der Waals surface area (Å²) in [6.45, 7) is 6.20. The molecule has 0 saturated carbocycles. The molecule has 3 N–H and O–H groups in total. The second-order valence-corrected chi connectivity index (χ2v) is 8.06. The second kappa shape index (κ2) is 7.55. The van der Waals surface area contributed by atoms with Gasteiger partial charge >= 0.3 is 0 Å². The fraction of sp³-hybridized carbons (Fsp3) is 0.533. The Morgan fingerprint density at radius 3 is 2.45 bits per heavy atom. The minimum atomic E-state index is -0.948. The second-order valence-electron chi connectivity index (χ2n) is 5.73. The molecular formula is C15H24N2O2S. The van der Waals surface area contributed by atoms with Gasteiger partial charge in [0.15, 0.2) is 0 Å². The third-order valence-corrected chi connectivity index (χ3v) is 4.87. The molecule has 2 unspecified atom stereocenters. The van der Waals surface area contributed by atoms with Crippen LogP contribution in [-0.2, 0) is 15.6 Å². The standard InChI is InChI=1S/C15H24N2O2S/c1-15(2,3)20(19)10-9-17-14(18)11-13(16)12-7-5-4-6-8-12/h4-8,13H,9-11,16H2,1-3H3,(H,17,18). The number of carbonyl (C=O) groups is 1. The van der Waals surface area contributed by atoms with Gasteiger partial charge in [0, 0.05) is 40.3 Å². The quantitative estimate of drug-likeness (QED) is 0.840. The van der Waals surface area contributed by atoms with E-state index in [0.717, 1.165) is 5.56 Å². The maximum Gasteiger partial charge on any atom is 0.221 e. The Morgan fingerprint density at radius 2 is 1.90 bits per heavy atom. The molecule has 0 aliphatic carbocycles. The van der Waals surface area contributed by atoms with Crippen molar-refractivity contribution in [3.8, 4) is 0 Å². The van der Waals surface area contributed by atoms with Crippen molar-refractivity contribution in [2.24, 2.45) is 5.73 Å². The van der Waals surface area contributed by atoms with Gasteiger partial charge in [-0.25, -0.2) is 0 Å². The molecule has 1 aromatic rings. The highest BCUT2D eigenvalue weighted by Crippen LogP contribution is 2.13. The van der Waals surface area contributed by atoms with Gasteiger partial charge in [0.05, 0.1) is 0 Å². The van der Waals surface area contributed by atoms with Gasteiger partial charge in [0.1, 0.15) is 0 Å². The summed E-state index contributed by atoms with van der Waals surface area (Å²) in [6.07, 6.45) is 0.242. The van der Waals surface area contributed by atoms with Gasteiger partial charge < -0.3 is 11.1 Å². The van der Waals surface area contributed by atoms with Gasteiger partial charge in [0.2, 0.25) is 5.91 Å². The van der Waals surface area contributed by atoms with Crippen LogP contribution < -0.4 is 11.1 Å². The first-order chi connectivity index (χ1) is 9.30. The van der Waals surface area contributed by atoms with Crippen molar-refractivity contribution >= 4 is 16.7 Å². The van der Waals surface area contributed by atoms with Crippen molar-refractivity contribution in [2.75, 3.05) is 12.3 Å². The van der Waals surface area contributed by atoms with E-state index in [-0.39, 0.29) is 23.1 Å². The number of rotatable bonds is 6. The molecule has 1 amide bonds. The lowest BCUT2D eigenvalue weighted by molar-refractivity contribution is -0.121. The van der Waals surface area contributed by atoms with Crippen LogP contribution >= 0.6 is 0 Å². The molecule has 0 heterocycles. The van der Waals surface area contributed by atoms with Crippen LogP contribution in [0.25, 0.3) is 0 Å². The van der Waals surface area contributed by atoms with E-state index in [9.17, 15) is 9.00 Å². The molecular weight excluding hydrogens is 272 g/mol. The number of benzene rings is 1. The smallest absolute Gasteiger partial charge is 0.221 e. The summed E-state index contributed by atoms with van der Waals surface area (Å²) in [5, 5.41) is 2.77. The van der Waals surface area contributed by atoms with E-state index in [0.29, 0.717) is 12.3 Å². The average molecular weight is 296 g/mol. The maximum atomic E-state index is 11.8. The number of nitrogens with two attached hydrogens (primary N) is 1. The third kappa shape index (κ3) is 5.84. The Kier molecular flexibility index (Phi) is 6.36. The zero-order valence-corrected chi connectivity index (χ0v) is 13.2. The molecule has 112 valence electrons. The summed E-state index contributed by atoms with van der Waals surface area (Å²) < 4.78 is 11.6. The molecule has 0 saturated heterocycles. The lowest BCUT2D eigenvalue weighted by atomic mass is 10.0. The highest BCUT2D eigenvalue weighted by atomic mass is 32.2. The van der Waals surface area contributed by atoms with Crippen LogP contribution in [0.3, 0.4) is 0 Å². The van der Waals surface area contributed by atoms with Gasteiger partial charge in [-0.1, -0.05) is 30.3 Å². The summed E-state index contributed by atoms with van der Waals surface area (Å²) in [5.41, 5.74) is 6.92. The van der Waals surface area contributed by atoms with E-state index < -0.39 is 10.8 Å². The van der Waals surface area contributed by atoms with Crippen LogP contribution in [0.5, 0.6) is 0 Å². The number of carbonyl (C=O) groups excluding carboxylic acids is 1. The van der Waals surface area contributed by atoms with Crippen LogP contribution in [0.2, 0.25) is 0 Å². The Labute approximate surface area is 123 Å². The summed E-state index contributed by atoms with van der Waals surface area (Å²) in [6, 6.07) is 9.24. The maximum absolute atomic E-state index is 11.8. The van der Waals surface area contributed by atoms with Gasteiger partial charge in [-0.2, -0.15) is 0 Å². The Balaban J connectivity index is 2.33. The van der Waals surface area contributed by atoms with Crippen molar-refractivity contribution < 1.29 is 9.00 Å². The van der Waals surface area contributed by atoms with E-state index in [4.69, 9.17) is 5.73 Å². The van der Waals surface area contributed by atoms with Crippen molar-refractivity contribution in [1.29, 1.82) is 0 Å². The molecule has 5 heteroatoms. The minimum Gasteiger partial charge on any atom is -0.355 e. The van der Waals surface area contributed by atoms with Gasteiger partial charge in [-0.05, 0) is 26.3 Å². The molecule has 0 bridgehead atoms. The number of amides is 1. The molecule has 0 aromatic heterocycles. The first-order valence-electron chi connectivity index (χ1n) is 6.76. The topological polar surface area (TPSA) is 72.2 Å². The molecule has 4 nitrogen and oxygen atoms in total. The Bertz CT molecular complexity index is 455. The first-order valence-corrected chi connectivity index (χ1v) is 8.08. The van der Waals surface area contributed by atoms with Gasteiger partial charge in [-0.3, -0.25) is 9.00 Å². The number of nitrogens with one attached hydrogen (secondary N) is 1. The van der Waals surface area contributed by atoms with Gasteiger partial charge in [-0.15, -0.1) is 0 Å². The fourth-order valence-corrected chi connectivity index (χ4v) is 2.58. The van der Waals surface area contributed by atoms with E-state index >= 15 is 0 Å². The number of hydrogen-bond donors (Lipinski definition) is 2. The number of hydrogen-bond acceptors (Lipinski definition) is 3. The van der Waals surface area contributed by atoms with Crippen LogP contribution in [0.4, 0.5) is 0 Å². The van der Waals surface area contributed by atoms with Crippen molar-refractivity contribution in [3.05, 3.63) is 35.9 Å². The molecule has 0 spiro atoms. The molecule has 0 fully saturated rings. The van der Waals surface area contributed by atoms with Crippen molar-refractivity contribution in [3.63, 3.8) is 0 Å².